The van der Waals surface area contributed by atoms with Crippen LogP contribution in [0.5, 0.6) is 0 Å². The van der Waals surface area contributed by atoms with Crippen LogP contribution < -0.4 is 5.73 Å². The van der Waals surface area contributed by atoms with E-state index < -0.39 is 0 Å². The second-order valence-electron chi connectivity index (χ2n) is 5.71. The standard InChI is InChI=1S/C16H25BrN2/c1-4-13-7-6-12(3)19(13)16(10-18)14-8-5-11(2)9-15(14)17/h5,8-9,12-13,16H,4,6-7,10,18H2,1-3H3. The van der Waals surface area contributed by atoms with Crippen molar-refractivity contribution in [2.45, 2.75) is 58.2 Å². The van der Waals surface area contributed by atoms with E-state index in [2.05, 4.69) is 59.8 Å². The minimum Gasteiger partial charge on any atom is -0.329 e. The van der Waals surface area contributed by atoms with Gasteiger partial charge in [0, 0.05) is 29.1 Å². The Morgan fingerprint density at radius 3 is 2.74 bits per heavy atom. The highest BCUT2D eigenvalue weighted by molar-refractivity contribution is 9.10. The minimum atomic E-state index is 0.331. The van der Waals surface area contributed by atoms with E-state index in [0.717, 1.165) is 0 Å². The Morgan fingerprint density at radius 1 is 1.42 bits per heavy atom. The lowest BCUT2D eigenvalue weighted by Crippen LogP contribution is -2.41. The molecular weight excluding hydrogens is 300 g/mol. The monoisotopic (exact) mass is 324 g/mol. The van der Waals surface area contributed by atoms with Crippen molar-refractivity contribution >= 4 is 15.9 Å². The zero-order valence-electron chi connectivity index (χ0n) is 12.2. The van der Waals surface area contributed by atoms with Gasteiger partial charge >= 0.3 is 0 Å². The molecule has 2 rings (SSSR count). The zero-order valence-corrected chi connectivity index (χ0v) is 13.8. The van der Waals surface area contributed by atoms with Crippen LogP contribution in [0.3, 0.4) is 0 Å². The predicted molar refractivity (Wildman–Crippen MR) is 85.3 cm³/mol. The first-order valence-corrected chi connectivity index (χ1v) is 8.11. The summed E-state index contributed by atoms with van der Waals surface area (Å²) in [5.74, 6) is 0. The summed E-state index contributed by atoms with van der Waals surface area (Å²) in [4.78, 5) is 2.63. The van der Waals surface area contributed by atoms with E-state index in [4.69, 9.17) is 5.73 Å². The van der Waals surface area contributed by atoms with Gasteiger partial charge in [-0.15, -0.1) is 0 Å². The van der Waals surface area contributed by atoms with Crippen molar-refractivity contribution in [1.82, 2.24) is 4.90 Å². The SMILES string of the molecule is CCC1CCC(C)N1C(CN)c1ccc(C)cc1Br. The molecule has 0 amide bonds. The van der Waals surface area contributed by atoms with Crippen LogP contribution in [0, 0.1) is 6.92 Å². The summed E-state index contributed by atoms with van der Waals surface area (Å²) in [6.45, 7) is 7.43. The minimum absolute atomic E-state index is 0.331. The molecule has 0 aliphatic carbocycles. The maximum absolute atomic E-state index is 6.11. The molecule has 2 N–H and O–H groups in total. The van der Waals surface area contributed by atoms with E-state index in [1.54, 1.807) is 0 Å². The van der Waals surface area contributed by atoms with Gasteiger partial charge in [-0.25, -0.2) is 0 Å². The number of rotatable bonds is 4. The molecule has 0 radical (unpaired) electrons. The summed E-state index contributed by atoms with van der Waals surface area (Å²) < 4.78 is 1.19. The number of likely N-dealkylation sites (tertiary alicyclic amines) is 1. The molecule has 1 heterocycles. The van der Waals surface area contributed by atoms with Crippen molar-refractivity contribution in [3.05, 3.63) is 33.8 Å². The number of nitrogens with zero attached hydrogens (tertiary/aromatic N) is 1. The molecule has 0 aromatic heterocycles. The summed E-state index contributed by atoms with van der Waals surface area (Å²) in [6.07, 6.45) is 3.81. The lowest BCUT2D eigenvalue weighted by Gasteiger charge is -2.36. The Kier molecular flexibility index (Phi) is 5.04. The molecule has 1 saturated heterocycles. The third kappa shape index (κ3) is 3.04. The Labute approximate surface area is 125 Å². The molecule has 0 saturated carbocycles. The molecule has 1 aliphatic rings. The number of hydrogen-bond donors (Lipinski definition) is 1. The maximum atomic E-state index is 6.11. The Hall–Kier alpha value is -0.380. The molecule has 3 unspecified atom stereocenters. The van der Waals surface area contributed by atoms with Crippen LogP contribution in [-0.2, 0) is 0 Å². The smallest absolute Gasteiger partial charge is 0.0487 e. The lowest BCUT2D eigenvalue weighted by molar-refractivity contribution is 0.136. The van der Waals surface area contributed by atoms with E-state index >= 15 is 0 Å². The molecular formula is C16H25BrN2. The highest BCUT2D eigenvalue weighted by atomic mass is 79.9. The first-order chi connectivity index (χ1) is 9.08. The zero-order chi connectivity index (χ0) is 14.0. The molecule has 1 aromatic carbocycles. The summed E-state index contributed by atoms with van der Waals surface area (Å²) in [5, 5.41) is 0. The van der Waals surface area contributed by atoms with Crippen LogP contribution in [0.25, 0.3) is 0 Å². The van der Waals surface area contributed by atoms with E-state index in [9.17, 15) is 0 Å². The van der Waals surface area contributed by atoms with Crippen molar-refractivity contribution in [3.8, 4) is 0 Å². The van der Waals surface area contributed by atoms with Gasteiger partial charge in [0.2, 0.25) is 0 Å². The van der Waals surface area contributed by atoms with Crippen LogP contribution in [-0.4, -0.2) is 23.5 Å². The van der Waals surface area contributed by atoms with E-state index in [0.29, 0.717) is 24.7 Å². The highest BCUT2D eigenvalue weighted by Gasteiger charge is 2.35. The number of hydrogen-bond acceptors (Lipinski definition) is 2. The maximum Gasteiger partial charge on any atom is 0.0487 e. The second-order valence-corrected chi connectivity index (χ2v) is 6.57. The van der Waals surface area contributed by atoms with E-state index in [1.807, 2.05) is 0 Å². The topological polar surface area (TPSA) is 29.3 Å². The average Bonchev–Trinajstić information content (AvgIpc) is 2.74. The first-order valence-electron chi connectivity index (χ1n) is 7.32. The van der Waals surface area contributed by atoms with E-state index in [1.165, 1.54) is 34.9 Å². The Morgan fingerprint density at radius 2 is 2.16 bits per heavy atom. The molecule has 0 spiro atoms. The van der Waals surface area contributed by atoms with Crippen molar-refractivity contribution in [2.75, 3.05) is 6.54 Å². The number of halogens is 1. The van der Waals surface area contributed by atoms with Gasteiger partial charge in [0.1, 0.15) is 0 Å². The second kappa shape index (κ2) is 6.38. The van der Waals surface area contributed by atoms with Gasteiger partial charge in [-0.2, -0.15) is 0 Å². The molecule has 1 aliphatic heterocycles. The lowest BCUT2D eigenvalue weighted by atomic mass is 10.0. The third-order valence-electron chi connectivity index (χ3n) is 4.42. The molecule has 19 heavy (non-hydrogen) atoms. The van der Waals surface area contributed by atoms with Crippen LogP contribution in [0.1, 0.15) is 50.3 Å². The third-order valence-corrected chi connectivity index (χ3v) is 5.10. The van der Waals surface area contributed by atoms with Gasteiger partial charge in [0.05, 0.1) is 0 Å². The Balaban J connectivity index is 2.33. The molecule has 1 aromatic rings. The van der Waals surface area contributed by atoms with Crippen LogP contribution in [0.2, 0.25) is 0 Å². The Bertz CT molecular complexity index is 433. The average molecular weight is 325 g/mol. The fourth-order valence-corrected chi connectivity index (χ4v) is 4.14. The van der Waals surface area contributed by atoms with Crippen molar-refractivity contribution < 1.29 is 0 Å². The number of benzene rings is 1. The molecule has 3 atom stereocenters. The first kappa shape index (κ1) is 15.0. The van der Waals surface area contributed by atoms with Crippen LogP contribution in [0.4, 0.5) is 0 Å². The van der Waals surface area contributed by atoms with Gasteiger partial charge in [0.25, 0.3) is 0 Å². The number of aryl methyl sites for hydroxylation is 1. The molecule has 0 bridgehead atoms. The molecule has 106 valence electrons. The highest BCUT2D eigenvalue weighted by Crippen LogP contribution is 2.37. The fourth-order valence-electron chi connectivity index (χ4n) is 3.38. The van der Waals surface area contributed by atoms with Crippen LogP contribution in [0.15, 0.2) is 22.7 Å². The van der Waals surface area contributed by atoms with Gasteiger partial charge < -0.3 is 5.73 Å². The summed E-state index contributed by atoms with van der Waals surface area (Å²) in [6, 6.07) is 8.25. The molecule has 3 heteroatoms. The summed E-state index contributed by atoms with van der Waals surface area (Å²) in [5.41, 5.74) is 8.73. The molecule has 1 fully saturated rings. The van der Waals surface area contributed by atoms with Crippen molar-refractivity contribution in [2.24, 2.45) is 5.73 Å². The van der Waals surface area contributed by atoms with Gasteiger partial charge in [-0.3, -0.25) is 4.90 Å². The quantitative estimate of drug-likeness (QED) is 0.906. The van der Waals surface area contributed by atoms with E-state index in [-0.39, 0.29) is 0 Å². The summed E-state index contributed by atoms with van der Waals surface area (Å²) >= 11 is 3.72. The van der Waals surface area contributed by atoms with Gasteiger partial charge in [-0.1, -0.05) is 35.0 Å². The van der Waals surface area contributed by atoms with Crippen molar-refractivity contribution in [1.29, 1.82) is 0 Å². The normalized spacial score (nSPS) is 25.7. The summed E-state index contributed by atoms with van der Waals surface area (Å²) in [7, 11) is 0. The largest absolute Gasteiger partial charge is 0.329 e. The molecule has 2 nitrogen and oxygen atoms in total. The van der Waals surface area contributed by atoms with Crippen LogP contribution >= 0.6 is 15.9 Å². The van der Waals surface area contributed by atoms with Crippen molar-refractivity contribution in [3.63, 3.8) is 0 Å². The van der Waals surface area contributed by atoms with Gasteiger partial charge in [0.15, 0.2) is 0 Å². The number of nitrogens with two attached hydrogens (primary N) is 1. The predicted octanol–water partition coefficient (Wildman–Crippen LogP) is 4.02. The van der Waals surface area contributed by atoms with Gasteiger partial charge in [-0.05, 0) is 50.3 Å². The fraction of sp³-hybridized carbons (Fsp3) is 0.625.